The Bertz CT molecular complexity index is 360. The first-order valence-corrected chi connectivity index (χ1v) is 5.51. The summed E-state index contributed by atoms with van der Waals surface area (Å²) in [7, 11) is 0. The molecular weight excluding hydrogens is 240 g/mol. The number of rotatable bonds is 3. The van der Waals surface area contributed by atoms with Crippen LogP contribution in [0.25, 0.3) is 0 Å². The first-order valence-electron chi connectivity index (χ1n) is 5.51. The van der Waals surface area contributed by atoms with Crippen molar-refractivity contribution in [2.45, 2.75) is 13.0 Å². The van der Waals surface area contributed by atoms with Gasteiger partial charge in [0.2, 0.25) is 0 Å². The van der Waals surface area contributed by atoms with E-state index in [-0.39, 0.29) is 18.2 Å². The van der Waals surface area contributed by atoms with Gasteiger partial charge in [0.15, 0.2) is 5.78 Å². The minimum Gasteiger partial charge on any atom is -0.314 e. The predicted octanol–water partition coefficient (Wildman–Crippen LogP) is 0.375. The van der Waals surface area contributed by atoms with Crippen molar-refractivity contribution < 1.29 is 4.79 Å². The van der Waals surface area contributed by atoms with E-state index in [0.717, 1.165) is 19.6 Å². The number of piperazine rings is 1. The zero-order chi connectivity index (χ0) is 11.4. The fourth-order valence-electron chi connectivity index (χ4n) is 1.83. The minimum atomic E-state index is 0. The van der Waals surface area contributed by atoms with Crippen LogP contribution in [0, 0.1) is 0 Å². The van der Waals surface area contributed by atoms with Crippen LogP contribution >= 0.6 is 12.4 Å². The monoisotopic (exact) mass is 256 g/mol. The molecule has 1 aliphatic rings. The summed E-state index contributed by atoms with van der Waals surface area (Å²) in [6, 6.07) is 0.398. The Balaban J connectivity index is 0.00000144. The Morgan fingerprint density at radius 1 is 1.59 bits per heavy atom. The summed E-state index contributed by atoms with van der Waals surface area (Å²) >= 11 is 0. The number of carbonyl (C=O) groups excluding carboxylic acids is 1. The number of aromatic nitrogens is 2. The Kier molecular flexibility index (Phi) is 5.47. The van der Waals surface area contributed by atoms with Gasteiger partial charge in [-0.2, -0.15) is 0 Å². The largest absolute Gasteiger partial charge is 0.314 e. The van der Waals surface area contributed by atoms with Gasteiger partial charge in [-0.05, 0) is 6.92 Å². The molecule has 1 unspecified atom stereocenters. The fraction of sp³-hybridized carbons (Fsp3) is 0.545. The molecule has 0 aromatic carbocycles. The van der Waals surface area contributed by atoms with Crippen LogP contribution in [-0.4, -0.2) is 52.9 Å². The lowest BCUT2D eigenvalue weighted by Crippen LogP contribution is -2.51. The highest BCUT2D eigenvalue weighted by Gasteiger charge is 2.21. The molecular formula is C11H17ClN4O. The highest BCUT2D eigenvalue weighted by molar-refractivity contribution is 5.95. The number of hydrogen-bond acceptors (Lipinski definition) is 5. The molecule has 1 atom stereocenters. The van der Waals surface area contributed by atoms with Gasteiger partial charge in [0, 0.05) is 38.1 Å². The highest BCUT2D eigenvalue weighted by Crippen LogP contribution is 2.04. The van der Waals surface area contributed by atoms with E-state index < -0.39 is 0 Å². The van der Waals surface area contributed by atoms with Crippen LogP contribution in [0.2, 0.25) is 0 Å². The average molecular weight is 257 g/mol. The maximum absolute atomic E-state index is 11.9. The van der Waals surface area contributed by atoms with E-state index in [4.69, 9.17) is 0 Å². The van der Waals surface area contributed by atoms with Gasteiger partial charge >= 0.3 is 0 Å². The number of halogens is 1. The maximum atomic E-state index is 11.9. The van der Waals surface area contributed by atoms with Crippen molar-refractivity contribution in [1.29, 1.82) is 0 Å². The third kappa shape index (κ3) is 3.73. The van der Waals surface area contributed by atoms with Crippen molar-refractivity contribution in [2.24, 2.45) is 0 Å². The molecule has 1 aromatic heterocycles. The summed E-state index contributed by atoms with van der Waals surface area (Å²) in [6.07, 6.45) is 4.65. The molecule has 5 nitrogen and oxygen atoms in total. The van der Waals surface area contributed by atoms with Gasteiger partial charge in [0.05, 0.1) is 12.7 Å². The first-order chi connectivity index (χ1) is 7.77. The van der Waals surface area contributed by atoms with Crippen LogP contribution < -0.4 is 5.32 Å². The van der Waals surface area contributed by atoms with E-state index in [1.807, 2.05) is 0 Å². The molecule has 0 spiro atoms. The average Bonchev–Trinajstić information content (AvgIpc) is 2.33. The van der Waals surface area contributed by atoms with Crippen molar-refractivity contribution >= 4 is 18.2 Å². The van der Waals surface area contributed by atoms with Crippen LogP contribution in [0.5, 0.6) is 0 Å². The molecule has 2 heterocycles. The summed E-state index contributed by atoms with van der Waals surface area (Å²) in [6.45, 7) is 5.34. The lowest BCUT2D eigenvalue weighted by Gasteiger charge is -2.33. The minimum absolute atomic E-state index is 0. The number of nitrogens with zero attached hydrogens (tertiary/aromatic N) is 3. The van der Waals surface area contributed by atoms with E-state index in [0.29, 0.717) is 18.3 Å². The van der Waals surface area contributed by atoms with Gasteiger partial charge < -0.3 is 5.32 Å². The molecule has 1 aromatic rings. The van der Waals surface area contributed by atoms with Gasteiger partial charge in [0.25, 0.3) is 0 Å². The topological polar surface area (TPSA) is 58.1 Å². The molecule has 1 aliphatic heterocycles. The van der Waals surface area contributed by atoms with E-state index in [9.17, 15) is 4.79 Å². The number of Topliss-reactive ketones (excluding diaryl/α,β-unsaturated/α-hetero) is 1. The summed E-state index contributed by atoms with van der Waals surface area (Å²) in [5, 5.41) is 3.30. The zero-order valence-electron chi connectivity index (χ0n) is 9.80. The van der Waals surface area contributed by atoms with E-state index in [1.54, 1.807) is 12.4 Å². The Morgan fingerprint density at radius 3 is 3.06 bits per heavy atom. The van der Waals surface area contributed by atoms with Gasteiger partial charge in [-0.15, -0.1) is 12.4 Å². The summed E-state index contributed by atoms with van der Waals surface area (Å²) in [4.78, 5) is 22.0. The number of ketones is 1. The lowest BCUT2D eigenvalue weighted by molar-refractivity contribution is 0.0870. The quantitative estimate of drug-likeness (QED) is 0.793. The molecule has 0 radical (unpaired) electrons. The highest BCUT2D eigenvalue weighted by atomic mass is 35.5. The molecule has 2 rings (SSSR count). The van der Waals surface area contributed by atoms with Crippen LogP contribution in [0.15, 0.2) is 18.6 Å². The third-order valence-electron chi connectivity index (χ3n) is 2.83. The smallest absolute Gasteiger partial charge is 0.196 e. The number of carbonyl (C=O) groups is 1. The maximum Gasteiger partial charge on any atom is 0.196 e. The van der Waals surface area contributed by atoms with E-state index in [1.165, 1.54) is 6.20 Å². The van der Waals surface area contributed by atoms with E-state index >= 15 is 0 Å². The van der Waals surface area contributed by atoms with Crippen LogP contribution in [0.3, 0.4) is 0 Å². The second-order valence-electron chi connectivity index (χ2n) is 4.04. The summed E-state index contributed by atoms with van der Waals surface area (Å²) in [5.41, 5.74) is 0.452. The Hall–Kier alpha value is -1.04. The molecule has 0 saturated carbocycles. The second kappa shape index (κ2) is 6.64. The van der Waals surface area contributed by atoms with E-state index in [2.05, 4.69) is 27.1 Å². The summed E-state index contributed by atoms with van der Waals surface area (Å²) < 4.78 is 0. The van der Waals surface area contributed by atoms with Crippen molar-refractivity contribution in [3.8, 4) is 0 Å². The SMILES string of the molecule is CC1CNCCN1CC(=O)c1cnccn1.Cl. The second-order valence-corrected chi connectivity index (χ2v) is 4.04. The molecule has 1 fully saturated rings. The van der Waals surface area contributed by atoms with Gasteiger partial charge in [-0.25, -0.2) is 4.98 Å². The molecule has 0 amide bonds. The van der Waals surface area contributed by atoms with Gasteiger partial charge in [-0.1, -0.05) is 0 Å². The molecule has 94 valence electrons. The number of nitrogens with one attached hydrogen (secondary N) is 1. The van der Waals surface area contributed by atoms with Crippen molar-refractivity contribution in [2.75, 3.05) is 26.2 Å². The molecule has 17 heavy (non-hydrogen) atoms. The van der Waals surface area contributed by atoms with Crippen LogP contribution in [0.4, 0.5) is 0 Å². The normalized spacial score (nSPS) is 20.6. The van der Waals surface area contributed by atoms with Crippen LogP contribution in [-0.2, 0) is 0 Å². The molecule has 1 N–H and O–H groups in total. The van der Waals surface area contributed by atoms with Crippen molar-refractivity contribution in [3.63, 3.8) is 0 Å². The van der Waals surface area contributed by atoms with Crippen LogP contribution in [0.1, 0.15) is 17.4 Å². The van der Waals surface area contributed by atoms with Gasteiger partial charge in [0.1, 0.15) is 5.69 Å². The zero-order valence-corrected chi connectivity index (χ0v) is 10.6. The molecule has 0 bridgehead atoms. The Labute approximate surface area is 107 Å². The Morgan fingerprint density at radius 2 is 2.41 bits per heavy atom. The van der Waals surface area contributed by atoms with Crippen molar-refractivity contribution in [1.82, 2.24) is 20.2 Å². The van der Waals surface area contributed by atoms with Gasteiger partial charge in [-0.3, -0.25) is 14.7 Å². The molecule has 0 aliphatic carbocycles. The third-order valence-corrected chi connectivity index (χ3v) is 2.83. The fourth-order valence-corrected chi connectivity index (χ4v) is 1.83. The number of hydrogen-bond donors (Lipinski definition) is 1. The summed E-state index contributed by atoms with van der Waals surface area (Å²) in [5.74, 6) is 0.0434. The van der Waals surface area contributed by atoms with Crippen molar-refractivity contribution in [3.05, 3.63) is 24.3 Å². The molecule has 1 saturated heterocycles. The predicted molar refractivity (Wildman–Crippen MR) is 67.5 cm³/mol. The standard InChI is InChI=1S/C11H16N4O.ClH/c1-9-6-13-4-5-15(9)8-11(16)10-7-12-2-3-14-10;/h2-3,7,9,13H,4-6,8H2,1H3;1H. The lowest BCUT2D eigenvalue weighted by atomic mass is 10.2. The first kappa shape index (κ1) is 14.0. The molecule has 6 heteroatoms.